The van der Waals surface area contributed by atoms with E-state index < -0.39 is 0 Å². The van der Waals surface area contributed by atoms with E-state index in [9.17, 15) is 4.79 Å². The molecule has 4 aromatic rings. The number of aromatic nitrogens is 2. The minimum absolute atomic E-state index is 0.201. The molecule has 0 N–H and O–H groups in total. The first-order valence-electron chi connectivity index (χ1n) is 12.0. The maximum atomic E-state index is 13.4. The molecule has 0 aliphatic heterocycles. The minimum Gasteiger partial charge on any atom is -0.490 e. The van der Waals surface area contributed by atoms with Gasteiger partial charge in [0.05, 0.1) is 27.3 Å². The lowest BCUT2D eigenvalue weighted by Gasteiger charge is -2.15. The zero-order valence-electron chi connectivity index (χ0n) is 20.5. The third-order valence-electron chi connectivity index (χ3n) is 5.61. The second-order valence-corrected chi connectivity index (χ2v) is 10.8. The Hall–Kier alpha value is -2.43. The van der Waals surface area contributed by atoms with E-state index in [1.165, 1.54) is 4.68 Å². The van der Waals surface area contributed by atoms with Crippen LogP contribution in [0.3, 0.4) is 0 Å². The van der Waals surface area contributed by atoms with Crippen molar-refractivity contribution in [2.75, 3.05) is 6.61 Å². The van der Waals surface area contributed by atoms with Crippen molar-refractivity contribution in [1.82, 2.24) is 9.66 Å². The molecule has 0 bridgehead atoms. The minimum atomic E-state index is -0.201. The molecule has 192 valence electrons. The Morgan fingerprint density at radius 3 is 2.70 bits per heavy atom. The lowest BCUT2D eigenvalue weighted by atomic mass is 10.2. The molecule has 0 fully saturated rings. The summed E-state index contributed by atoms with van der Waals surface area (Å²) in [5.41, 5.74) is 2.13. The van der Waals surface area contributed by atoms with Gasteiger partial charge in [-0.2, -0.15) is 9.78 Å². The van der Waals surface area contributed by atoms with Crippen LogP contribution in [0.2, 0.25) is 5.02 Å². The number of fused-ring (bicyclic) bond motifs is 1. The lowest BCUT2D eigenvalue weighted by Crippen LogP contribution is -2.22. The van der Waals surface area contributed by atoms with Gasteiger partial charge in [0, 0.05) is 21.5 Å². The highest BCUT2D eigenvalue weighted by Gasteiger charge is 2.14. The summed E-state index contributed by atoms with van der Waals surface area (Å²) in [4.78, 5) is 18.1. The van der Waals surface area contributed by atoms with E-state index in [-0.39, 0.29) is 5.56 Å². The van der Waals surface area contributed by atoms with Gasteiger partial charge < -0.3 is 9.47 Å². The van der Waals surface area contributed by atoms with Gasteiger partial charge in [-0.25, -0.2) is 4.98 Å². The molecule has 3 aromatic carbocycles. The van der Waals surface area contributed by atoms with E-state index in [2.05, 4.69) is 50.5 Å². The van der Waals surface area contributed by atoms with E-state index in [1.807, 2.05) is 55.5 Å². The second-order valence-electron chi connectivity index (χ2n) is 8.30. The molecule has 0 atom stereocenters. The summed E-state index contributed by atoms with van der Waals surface area (Å²) in [6.07, 6.45) is 4.22. The fourth-order valence-electron chi connectivity index (χ4n) is 3.77. The van der Waals surface area contributed by atoms with Crippen molar-refractivity contribution < 1.29 is 9.47 Å². The van der Waals surface area contributed by atoms with Crippen molar-refractivity contribution in [3.63, 3.8) is 0 Å². The molecular weight excluding hydrogens is 669 g/mol. The highest BCUT2D eigenvalue weighted by molar-refractivity contribution is 14.1. The molecule has 6 nitrogen and oxygen atoms in total. The predicted octanol–water partition coefficient (Wildman–Crippen LogP) is 7.62. The van der Waals surface area contributed by atoms with Crippen LogP contribution in [-0.4, -0.2) is 22.5 Å². The molecule has 1 aromatic heterocycles. The molecule has 9 heteroatoms. The topological polar surface area (TPSA) is 65.7 Å². The number of rotatable bonds is 10. The summed E-state index contributed by atoms with van der Waals surface area (Å²) < 4.78 is 15.1. The van der Waals surface area contributed by atoms with E-state index >= 15 is 0 Å². The number of halogens is 3. The highest BCUT2D eigenvalue weighted by atomic mass is 127. The number of nitrogens with zero attached hydrogens (tertiary/aromatic N) is 3. The molecule has 37 heavy (non-hydrogen) atoms. The van der Waals surface area contributed by atoms with Crippen LogP contribution in [0.5, 0.6) is 11.5 Å². The zero-order chi connectivity index (χ0) is 26.4. The lowest BCUT2D eigenvalue weighted by molar-refractivity contribution is 0.267. The standard InChI is InChI=1S/C28H26BrClIN3O3/c1-3-5-10-26-33-24-12-11-20(29)15-21(24)28(35)34(26)32-16-18-13-23(31)27(25(14-18)36-4-2)37-17-19-8-6-7-9-22(19)30/h6-9,11-16H,3-5,10,17H2,1-2H3. The molecule has 0 saturated heterocycles. The van der Waals surface area contributed by atoms with Crippen LogP contribution in [0.25, 0.3) is 10.9 Å². The predicted molar refractivity (Wildman–Crippen MR) is 161 cm³/mol. The number of unbranched alkanes of at least 4 members (excludes halogenated alkanes) is 1. The van der Waals surface area contributed by atoms with Gasteiger partial charge in [-0.1, -0.05) is 59.1 Å². The fourth-order valence-corrected chi connectivity index (χ4v) is 5.10. The Bertz CT molecular complexity index is 1510. The third-order valence-corrected chi connectivity index (χ3v) is 7.28. The summed E-state index contributed by atoms with van der Waals surface area (Å²) in [7, 11) is 0. The zero-order valence-corrected chi connectivity index (χ0v) is 25.0. The van der Waals surface area contributed by atoms with Gasteiger partial charge in [0.2, 0.25) is 0 Å². The Labute approximate surface area is 242 Å². The molecule has 0 unspecified atom stereocenters. The van der Waals surface area contributed by atoms with Crippen LogP contribution in [0.4, 0.5) is 0 Å². The highest BCUT2D eigenvalue weighted by Crippen LogP contribution is 2.35. The molecule has 0 spiro atoms. The largest absolute Gasteiger partial charge is 0.490 e. The number of aryl methyl sites for hydroxylation is 1. The van der Waals surface area contributed by atoms with Gasteiger partial charge in [0.15, 0.2) is 11.5 Å². The van der Waals surface area contributed by atoms with Crippen LogP contribution < -0.4 is 15.0 Å². The summed E-state index contributed by atoms with van der Waals surface area (Å²) in [6, 6.07) is 16.9. The molecule has 0 radical (unpaired) electrons. The van der Waals surface area contributed by atoms with Crippen LogP contribution >= 0.6 is 50.1 Å². The average molecular weight is 695 g/mol. The SMILES string of the molecule is CCCCc1nc2ccc(Br)cc2c(=O)n1N=Cc1cc(I)c(OCc2ccccc2Cl)c(OCC)c1. The maximum Gasteiger partial charge on any atom is 0.282 e. The quantitative estimate of drug-likeness (QED) is 0.127. The molecule has 0 amide bonds. The van der Waals surface area contributed by atoms with E-state index in [1.54, 1.807) is 12.3 Å². The van der Waals surface area contributed by atoms with Gasteiger partial charge >= 0.3 is 0 Å². The van der Waals surface area contributed by atoms with Crippen molar-refractivity contribution in [1.29, 1.82) is 0 Å². The van der Waals surface area contributed by atoms with Crippen LogP contribution in [0.1, 0.15) is 43.6 Å². The van der Waals surface area contributed by atoms with Crippen molar-refractivity contribution in [2.24, 2.45) is 5.10 Å². The Morgan fingerprint density at radius 2 is 1.95 bits per heavy atom. The summed E-state index contributed by atoms with van der Waals surface area (Å²) in [5, 5.41) is 5.74. The molecule has 0 aliphatic carbocycles. The molecule has 4 rings (SSSR count). The monoisotopic (exact) mass is 693 g/mol. The third kappa shape index (κ3) is 6.72. The van der Waals surface area contributed by atoms with Crippen LogP contribution in [0.15, 0.2) is 69.0 Å². The van der Waals surface area contributed by atoms with Crippen molar-refractivity contribution in [3.05, 3.63) is 95.0 Å². The van der Waals surface area contributed by atoms with Crippen LogP contribution in [0, 0.1) is 3.57 Å². The normalized spacial score (nSPS) is 11.4. The second kappa shape index (κ2) is 12.9. The first-order chi connectivity index (χ1) is 17.9. The number of ether oxygens (including phenoxy) is 2. The van der Waals surface area contributed by atoms with Crippen molar-refractivity contribution in [2.45, 2.75) is 39.7 Å². The number of hydrogen-bond acceptors (Lipinski definition) is 5. The van der Waals surface area contributed by atoms with Gasteiger partial charge in [-0.05, 0) is 77.9 Å². The van der Waals surface area contributed by atoms with E-state index in [4.69, 9.17) is 26.1 Å². The molecule has 0 aliphatic rings. The number of hydrogen-bond donors (Lipinski definition) is 0. The first kappa shape index (κ1) is 27.6. The smallest absolute Gasteiger partial charge is 0.282 e. The maximum absolute atomic E-state index is 13.4. The van der Waals surface area contributed by atoms with Crippen molar-refractivity contribution in [3.8, 4) is 11.5 Å². The van der Waals surface area contributed by atoms with Crippen LogP contribution in [-0.2, 0) is 13.0 Å². The Kier molecular flexibility index (Phi) is 9.61. The molecule has 1 heterocycles. The van der Waals surface area contributed by atoms with Gasteiger partial charge in [-0.3, -0.25) is 4.79 Å². The Morgan fingerprint density at radius 1 is 1.14 bits per heavy atom. The summed E-state index contributed by atoms with van der Waals surface area (Å²) >= 11 is 12.0. The van der Waals surface area contributed by atoms with E-state index in [0.717, 1.165) is 32.0 Å². The summed E-state index contributed by atoms with van der Waals surface area (Å²) in [5.74, 6) is 1.87. The van der Waals surface area contributed by atoms with Crippen molar-refractivity contribution >= 4 is 67.2 Å². The van der Waals surface area contributed by atoms with Gasteiger partial charge in [-0.15, -0.1) is 0 Å². The average Bonchev–Trinajstić information content (AvgIpc) is 2.88. The first-order valence-corrected chi connectivity index (χ1v) is 14.2. The van der Waals surface area contributed by atoms with E-state index in [0.29, 0.717) is 52.9 Å². The van der Waals surface area contributed by atoms with Gasteiger partial charge in [0.1, 0.15) is 12.4 Å². The van der Waals surface area contributed by atoms with Gasteiger partial charge in [0.25, 0.3) is 5.56 Å². The summed E-state index contributed by atoms with van der Waals surface area (Å²) in [6.45, 7) is 4.82. The number of benzene rings is 3. The fraction of sp³-hybridized carbons (Fsp3) is 0.250. The Balaban J connectivity index is 1.70. The molecular formula is C28H26BrClIN3O3. The molecule has 0 saturated carbocycles.